The summed E-state index contributed by atoms with van der Waals surface area (Å²) in [7, 11) is 0. The fourth-order valence-electron chi connectivity index (χ4n) is 6.62. The Bertz CT molecular complexity index is 1720. The summed E-state index contributed by atoms with van der Waals surface area (Å²) in [5.41, 5.74) is -2.20. The van der Waals surface area contributed by atoms with Crippen molar-refractivity contribution in [3.63, 3.8) is 0 Å². The predicted molar refractivity (Wildman–Crippen MR) is 162 cm³/mol. The zero-order chi connectivity index (χ0) is 31.9. The van der Waals surface area contributed by atoms with Crippen LogP contribution in [0.5, 0.6) is 0 Å². The number of likely N-dealkylation sites (tertiary alicyclic amines) is 1. The van der Waals surface area contributed by atoms with Crippen molar-refractivity contribution in [3.8, 4) is 11.8 Å². The lowest BCUT2D eigenvalue weighted by Crippen LogP contribution is -2.61. The second-order valence-corrected chi connectivity index (χ2v) is 11.8. The minimum atomic E-state index is -4.71. The average Bonchev–Trinajstić information content (AvgIpc) is 3.00. The van der Waals surface area contributed by atoms with Crippen LogP contribution in [-0.2, 0) is 11.0 Å². The molecule has 3 aromatic rings. The second-order valence-electron chi connectivity index (χ2n) is 11.8. The van der Waals surface area contributed by atoms with Crippen LogP contribution >= 0.6 is 0 Å². The number of halogens is 3. The van der Waals surface area contributed by atoms with Gasteiger partial charge in [-0.15, -0.1) is 0 Å². The van der Waals surface area contributed by atoms with E-state index in [4.69, 9.17) is 4.98 Å². The topological polar surface area (TPSA) is 114 Å². The standard InChI is InChI=1S/C31H34F3N9O2/c1-3-25(44)42-15-14-40(17-21(42)10-11-35)28-23-16-36-43(24-9-7-8-20(2)26(24)31(32,33)34)29(45)27(23)37-30(38-28)41-18-22(19-41)39-12-5-4-6-13-39/h3,7-9,16,21-22H,1,4-6,10,12-15,17-19H2,2H3/t21-/m0/s1. The number of anilines is 2. The van der Waals surface area contributed by atoms with Gasteiger partial charge < -0.3 is 14.7 Å². The highest BCUT2D eigenvalue weighted by molar-refractivity contribution is 5.90. The van der Waals surface area contributed by atoms with E-state index in [0.29, 0.717) is 44.0 Å². The normalized spacial score (nSPS) is 19.8. The van der Waals surface area contributed by atoms with Crippen LogP contribution in [0.3, 0.4) is 0 Å². The van der Waals surface area contributed by atoms with Crippen molar-refractivity contribution in [3.05, 3.63) is 58.5 Å². The third-order valence-corrected chi connectivity index (χ3v) is 8.99. The van der Waals surface area contributed by atoms with E-state index < -0.39 is 23.3 Å². The number of amides is 1. The predicted octanol–water partition coefficient (Wildman–Crippen LogP) is 3.29. The number of hydrogen-bond acceptors (Lipinski definition) is 9. The number of carbonyl (C=O) groups is 1. The van der Waals surface area contributed by atoms with E-state index in [9.17, 15) is 28.0 Å². The smallest absolute Gasteiger partial charge is 0.352 e. The van der Waals surface area contributed by atoms with Crippen LogP contribution in [0.15, 0.2) is 41.8 Å². The van der Waals surface area contributed by atoms with Crippen LogP contribution in [0, 0.1) is 18.3 Å². The molecule has 0 saturated carbocycles. The van der Waals surface area contributed by atoms with E-state index >= 15 is 0 Å². The number of aromatic nitrogens is 4. The molecule has 236 valence electrons. The van der Waals surface area contributed by atoms with Crippen molar-refractivity contribution in [1.82, 2.24) is 29.5 Å². The molecule has 0 unspecified atom stereocenters. The van der Waals surface area contributed by atoms with Crippen molar-refractivity contribution >= 4 is 28.6 Å². The first-order chi connectivity index (χ1) is 21.6. The molecule has 1 amide bonds. The lowest BCUT2D eigenvalue weighted by atomic mass is 10.0. The summed E-state index contributed by atoms with van der Waals surface area (Å²) < 4.78 is 43.1. The fourth-order valence-corrected chi connectivity index (χ4v) is 6.62. The Kier molecular flexibility index (Phi) is 8.22. The van der Waals surface area contributed by atoms with E-state index in [0.717, 1.165) is 30.6 Å². The molecule has 3 aliphatic rings. The monoisotopic (exact) mass is 621 g/mol. The molecule has 0 bridgehead atoms. The lowest BCUT2D eigenvalue weighted by molar-refractivity contribution is -0.138. The quantitative estimate of drug-likeness (QED) is 0.383. The number of aryl methyl sites for hydroxylation is 1. The summed E-state index contributed by atoms with van der Waals surface area (Å²) in [5.74, 6) is 0.417. The first-order valence-corrected chi connectivity index (χ1v) is 15.1. The largest absolute Gasteiger partial charge is 0.418 e. The number of carbonyl (C=O) groups excluding carboxylic acids is 1. The minimum absolute atomic E-state index is 0.0299. The number of nitriles is 1. The maximum atomic E-state index is 14.1. The Hall–Kier alpha value is -4.51. The fraction of sp³-hybridized carbons (Fsp3) is 0.484. The Morgan fingerprint density at radius 3 is 2.53 bits per heavy atom. The van der Waals surface area contributed by atoms with Gasteiger partial charge in [-0.05, 0) is 50.6 Å². The number of alkyl halides is 3. The number of nitrogens with zero attached hydrogens (tertiary/aromatic N) is 9. The highest BCUT2D eigenvalue weighted by Gasteiger charge is 2.38. The van der Waals surface area contributed by atoms with Gasteiger partial charge in [-0.1, -0.05) is 25.1 Å². The van der Waals surface area contributed by atoms with Gasteiger partial charge in [-0.25, -0.2) is 4.98 Å². The van der Waals surface area contributed by atoms with Gasteiger partial charge in [0.15, 0.2) is 0 Å². The Balaban J connectivity index is 1.44. The molecule has 1 aromatic carbocycles. The summed E-state index contributed by atoms with van der Waals surface area (Å²) >= 11 is 0. The van der Waals surface area contributed by atoms with Gasteiger partial charge in [-0.2, -0.15) is 33.2 Å². The number of fused-ring (bicyclic) bond motifs is 1. The van der Waals surface area contributed by atoms with Crippen LogP contribution < -0.4 is 15.4 Å². The average molecular weight is 622 g/mol. The molecule has 0 spiro atoms. The van der Waals surface area contributed by atoms with Gasteiger partial charge in [-0.3, -0.25) is 14.5 Å². The van der Waals surface area contributed by atoms with Gasteiger partial charge in [0.1, 0.15) is 11.3 Å². The van der Waals surface area contributed by atoms with Crippen molar-refractivity contribution in [2.45, 2.75) is 50.9 Å². The molecule has 45 heavy (non-hydrogen) atoms. The molecule has 3 saturated heterocycles. The maximum Gasteiger partial charge on any atom is 0.418 e. The summed E-state index contributed by atoms with van der Waals surface area (Å²) in [6.45, 7) is 9.21. The van der Waals surface area contributed by atoms with Crippen molar-refractivity contribution in [2.75, 3.05) is 55.6 Å². The van der Waals surface area contributed by atoms with Crippen LogP contribution in [0.4, 0.5) is 24.9 Å². The first-order valence-electron chi connectivity index (χ1n) is 15.1. The van der Waals surface area contributed by atoms with Crippen LogP contribution in [0.1, 0.15) is 36.8 Å². The van der Waals surface area contributed by atoms with E-state index in [2.05, 4.69) is 27.6 Å². The minimum Gasteiger partial charge on any atom is -0.352 e. The number of piperazine rings is 1. The Labute approximate surface area is 258 Å². The molecule has 11 nitrogen and oxygen atoms in total. The zero-order valence-electron chi connectivity index (χ0n) is 25.0. The van der Waals surface area contributed by atoms with E-state index in [1.807, 2.05) is 9.80 Å². The van der Waals surface area contributed by atoms with Crippen LogP contribution in [-0.4, -0.2) is 93.4 Å². The Morgan fingerprint density at radius 2 is 1.84 bits per heavy atom. The number of rotatable bonds is 6. The third kappa shape index (κ3) is 5.72. The summed E-state index contributed by atoms with van der Waals surface area (Å²) in [6, 6.07) is 6.03. The van der Waals surface area contributed by atoms with Crippen LogP contribution in [0.2, 0.25) is 0 Å². The van der Waals surface area contributed by atoms with Crippen molar-refractivity contribution in [1.29, 1.82) is 5.26 Å². The van der Waals surface area contributed by atoms with Gasteiger partial charge >= 0.3 is 6.18 Å². The molecular formula is C31H34F3N9O2. The molecule has 1 atom stereocenters. The molecule has 0 aliphatic carbocycles. The molecule has 3 aliphatic heterocycles. The molecule has 2 aromatic heterocycles. The van der Waals surface area contributed by atoms with E-state index in [-0.39, 0.29) is 41.0 Å². The zero-order valence-corrected chi connectivity index (χ0v) is 25.0. The summed E-state index contributed by atoms with van der Waals surface area (Å²) in [5, 5.41) is 14.0. The molecule has 0 N–H and O–H groups in total. The van der Waals surface area contributed by atoms with Gasteiger partial charge in [0.25, 0.3) is 5.56 Å². The maximum absolute atomic E-state index is 14.1. The number of piperidine rings is 1. The molecule has 14 heteroatoms. The number of hydrogen-bond donors (Lipinski definition) is 0. The van der Waals surface area contributed by atoms with Crippen LogP contribution in [0.25, 0.3) is 16.6 Å². The summed E-state index contributed by atoms with van der Waals surface area (Å²) in [6.07, 6.45) is 1.44. The van der Waals surface area contributed by atoms with E-state index in [1.54, 1.807) is 4.90 Å². The molecule has 5 heterocycles. The highest BCUT2D eigenvalue weighted by atomic mass is 19.4. The van der Waals surface area contributed by atoms with Gasteiger partial charge in [0.2, 0.25) is 11.9 Å². The first kappa shape index (κ1) is 30.5. The SMILES string of the molecule is C=CC(=O)N1CCN(c2nc(N3CC(N4CCCCC4)C3)nc3c(=O)n(-c4cccc(C)c4C(F)(F)F)ncc23)C[C@@H]1CC#N. The number of benzene rings is 1. The van der Waals surface area contributed by atoms with Crippen molar-refractivity contribution < 1.29 is 18.0 Å². The summed E-state index contributed by atoms with van der Waals surface area (Å²) in [4.78, 5) is 43.9. The van der Waals surface area contributed by atoms with E-state index in [1.165, 1.54) is 43.8 Å². The molecule has 3 fully saturated rings. The highest BCUT2D eigenvalue weighted by Crippen LogP contribution is 2.36. The van der Waals surface area contributed by atoms with Crippen molar-refractivity contribution in [2.24, 2.45) is 0 Å². The lowest BCUT2D eigenvalue weighted by Gasteiger charge is -2.47. The Morgan fingerprint density at radius 1 is 1.09 bits per heavy atom. The second kappa shape index (κ2) is 12.1. The molecule has 6 rings (SSSR count). The van der Waals surface area contributed by atoms with Gasteiger partial charge in [0.05, 0.1) is 41.4 Å². The van der Waals surface area contributed by atoms with Gasteiger partial charge in [0, 0.05) is 38.8 Å². The molecule has 0 radical (unpaired) electrons. The molecular weight excluding hydrogens is 587 g/mol. The third-order valence-electron chi connectivity index (χ3n) is 8.99.